The maximum absolute atomic E-state index is 12.4. The third kappa shape index (κ3) is 7.02. The second-order valence-corrected chi connectivity index (χ2v) is 14.2. The number of fused-ring (bicyclic) bond motifs is 2. The van der Waals surface area contributed by atoms with Crippen molar-refractivity contribution >= 4 is 21.8 Å². The van der Waals surface area contributed by atoms with Gasteiger partial charge in [0.15, 0.2) is 18.2 Å². The molecule has 0 aromatic heterocycles. The number of halogens is 3. The highest BCUT2D eigenvalue weighted by Crippen LogP contribution is 2.60. The van der Waals surface area contributed by atoms with Gasteiger partial charge in [0.1, 0.15) is 18.1 Å². The number of benzene rings is 2. The van der Waals surface area contributed by atoms with E-state index in [9.17, 15) is 21.6 Å². The first-order chi connectivity index (χ1) is 21.8. The van der Waals surface area contributed by atoms with Gasteiger partial charge in [0.25, 0.3) is 10.0 Å². The number of rotatable bonds is 10. The molecule has 252 valence electrons. The number of nitrogens with one attached hydrogen (secondary N) is 1. The van der Waals surface area contributed by atoms with Crippen molar-refractivity contribution in [3.05, 3.63) is 59.5 Å². The lowest BCUT2D eigenvalue weighted by molar-refractivity contribution is -0.577. The lowest BCUT2D eigenvalue weighted by Gasteiger charge is -2.60. The molecule has 10 nitrogen and oxygen atoms in total. The van der Waals surface area contributed by atoms with Crippen LogP contribution in [0.25, 0.3) is 6.08 Å². The Balaban J connectivity index is 0.986. The summed E-state index contributed by atoms with van der Waals surface area (Å²) in [5, 5.41) is 0.961. The summed E-state index contributed by atoms with van der Waals surface area (Å²) >= 11 is 0. The lowest BCUT2D eigenvalue weighted by atomic mass is 9.58. The highest BCUT2D eigenvalue weighted by molar-refractivity contribution is 7.95. The molecule has 2 bridgehead atoms. The number of sulfonamides is 1. The summed E-state index contributed by atoms with van der Waals surface area (Å²) in [6.07, 6.45) is -0.724. The van der Waals surface area contributed by atoms with Gasteiger partial charge in [-0.1, -0.05) is 26.0 Å². The van der Waals surface area contributed by atoms with Crippen molar-refractivity contribution in [2.24, 2.45) is 23.7 Å². The quantitative estimate of drug-likeness (QED) is 0.221. The van der Waals surface area contributed by atoms with Crippen LogP contribution in [0.5, 0.6) is 11.5 Å². The average molecular weight is 670 g/mol. The van der Waals surface area contributed by atoms with Gasteiger partial charge in [-0.15, -0.1) is 13.2 Å². The number of hydrogen-bond acceptors (Lipinski definition) is 9. The molecular weight excluding hydrogens is 631 g/mol. The summed E-state index contributed by atoms with van der Waals surface area (Å²) in [7, 11) is -3.93. The molecular formula is C32H38F3NO9S. The van der Waals surface area contributed by atoms with Crippen molar-refractivity contribution in [3.63, 3.8) is 0 Å². The summed E-state index contributed by atoms with van der Waals surface area (Å²) in [4.78, 5) is 12.0. The maximum Gasteiger partial charge on any atom is 0.573 e. The zero-order valence-corrected chi connectivity index (χ0v) is 26.5. The first-order valence-corrected chi connectivity index (χ1v) is 16.9. The van der Waals surface area contributed by atoms with Gasteiger partial charge in [-0.25, -0.2) is 18.2 Å². The minimum absolute atomic E-state index is 0.0560. The van der Waals surface area contributed by atoms with Crippen LogP contribution in [0.3, 0.4) is 0 Å². The second-order valence-electron chi connectivity index (χ2n) is 12.6. The van der Waals surface area contributed by atoms with Gasteiger partial charge in [-0.05, 0) is 86.1 Å². The minimum Gasteiger partial charge on any atom is -0.491 e. The Morgan fingerprint density at radius 1 is 0.957 bits per heavy atom. The van der Waals surface area contributed by atoms with Crippen molar-refractivity contribution in [3.8, 4) is 11.5 Å². The normalized spacial score (nSPS) is 34.1. The third-order valence-electron chi connectivity index (χ3n) is 9.40. The number of hydrogen-bond donors (Lipinski definition) is 1. The fourth-order valence-corrected chi connectivity index (χ4v) is 8.02. The Labute approximate surface area is 266 Å². The van der Waals surface area contributed by atoms with Crippen LogP contribution >= 0.6 is 0 Å². The van der Waals surface area contributed by atoms with E-state index in [4.69, 9.17) is 28.7 Å². The van der Waals surface area contributed by atoms with E-state index in [2.05, 4.69) is 23.3 Å². The van der Waals surface area contributed by atoms with Crippen LogP contribution < -0.4 is 14.2 Å². The fraction of sp³-hybridized carbons (Fsp3) is 0.562. The monoisotopic (exact) mass is 669 g/mol. The van der Waals surface area contributed by atoms with Gasteiger partial charge < -0.3 is 23.7 Å². The first kappa shape index (κ1) is 33.0. The van der Waals surface area contributed by atoms with E-state index < -0.39 is 46.1 Å². The molecule has 1 saturated carbocycles. The SMILES string of the molecule is C[C@@H]1CC[C@H]2[C@@H](C)C(OCCOc3ccc(/C=C/S(=O)(=O)Nc4ccc(OC(F)(F)F)cc4)cc3)O[C@@H]3O[C@@]4(C)CC[C@@H]1[C@]32OO4. The summed E-state index contributed by atoms with van der Waals surface area (Å²) in [5.74, 6) is 0.253. The highest BCUT2D eigenvalue weighted by Gasteiger charge is 2.69. The summed E-state index contributed by atoms with van der Waals surface area (Å²) < 4.78 is 92.7. The third-order valence-corrected chi connectivity index (χ3v) is 10.4. The molecule has 14 heteroatoms. The molecule has 4 heterocycles. The molecule has 8 atom stereocenters. The van der Waals surface area contributed by atoms with Gasteiger partial charge in [0.2, 0.25) is 5.79 Å². The van der Waals surface area contributed by atoms with E-state index in [1.807, 2.05) is 6.92 Å². The average Bonchev–Trinajstić information content (AvgIpc) is 3.23. The topological polar surface area (TPSA) is 111 Å². The Morgan fingerprint density at radius 2 is 1.67 bits per heavy atom. The number of anilines is 1. The molecule has 5 fully saturated rings. The minimum atomic E-state index is -4.83. The molecule has 1 N–H and O–H groups in total. The van der Waals surface area contributed by atoms with E-state index in [-0.39, 0.29) is 36.7 Å². The maximum atomic E-state index is 12.4. The van der Waals surface area contributed by atoms with Crippen LogP contribution in [-0.2, 0) is 34.0 Å². The van der Waals surface area contributed by atoms with Crippen LogP contribution in [0.2, 0.25) is 0 Å². The molecule has 0 amide bonds. The summed E-state index contributed by atoms with van der Waals surface area (Å²) in [6.45, 7) is 6.84. The largest absolute Gasteiger partial charge is 0.573 e. The van der Waals surface area contributed by atoms with E-state index in [1.54, 1.807) is 24.3 Å². The zero-order valence-electron chi connectivity index (χ0n) is 25.7. The van der Waals surface area contributed by atoms with Crippen molar-refractivity contribution in [2.45, 2.75) is 76.8 Å². The predicted molar refractivity (Wildman–Crippen MR) is 159 cm³/mol. The standard InChI is InChI=1S/C32H38F3NO9S/c1-20-4-13-27-21(2)28(41-29-31(27)26(20)14-16-30(3,43-29)44-45-31)40-18-17-39-24-9-5-22(6-10-24)15-19-46(37,38)36-23-7-11-25(12-8-23)42-32(33,34)35/h5-12,15,19-21,26-29,36H,4,13-14,16-18H2,1-3H3/b19-15+/t20-,21-,26+,27+,28?,29-,30-,31-/m1/s1. The van der Waals surface area contributed by atoms with Gasteiger partial charge in [0, 0.05) is 23.9 Å². The highest BCUT2D eigenvalue weighted by atomic mass is 32.2. The van der Waals surface area contributed by atoms with Crippen LogP contribution in [0.15, 0.2) is 53.9 Å². The van der Waals surface area contributed by atoms with Crippen molar-refractivity contribution in [1.82, 2.24) is 0 Å². The van der Waals surface area contributed by atoms with Crippen molar-refractivity contribution in [1.29, 1.82) is 0 Å². The van der Waals surface area contributed by atoms with Crippen molar-refractivity contribution in [2.75, 3.05) is 17.9 Å². The number of alkyl halides is 3. The smallest absolute Gasteiger partial charge is 0.491 e. The Bertz CT molecular complexity index is 1500. The molecule has 0 radical (unpaired) electrons. The van der Waals surface area contributed by atoms with E-state index >= 15 is 0 Å². The zero-order chi connectivity index (χ0) is 32.7. The first-order valence-electron chi connectivity index (χ1n) is 15.4. The molecule has 4 saturated heterocycles. The molecule has 1 aliphatic carbocycles. The Morgan fingerprint density at radius 3 is 2.39 bits per heavy atom. The van der Waals surface area contributed by atoms with Crippen LogP contribution in [0, 0.1) is 23.7 Å². The lowest BCUT2D eigenvalue weighted by Crippen LogP contribution is -2.70. The summed E-state index contributed by atoms with van der Waals surface area (Å²) in [6, 6.07) is 11.2. The molecule has 1 unspecified atom stereocenters. The van der Waals surface area contributed by atoms with E-state index in [0.29, 0.717) is 17.2 Å². The predicted octanol–water partition coefficient (Wildman–Crippen LogP) is 6.60. The summed E-state index contributed by atoms with van der Waals surface area (Å²) in [5.41, 5.74) is 0.0372. The van der Waals surface area contributed by atoms with Crippen LogP contribution in [0.4, 0.5) is 18.9 Å². The van der Waals surface area contributed by atoms with Crippen LogP contribution in [0.1, 0.15) is 52.0 Å². The van der Waals surface area contributed by atoms with Gasteiger partial charge in [-0.3, -0.25) is 4.72 Å². The number of ether oxygens (including phenoxy) is 5. The molecule has 2 aromatic rings. The van der Waals surface area contributed by atoms with Gasteiger partial charge in [0.05, 0.1) is 12.0 Å². The second kappa shape index (κ2) is 12.6. The molecule has 5 aliphatic rings. The van der Waals surface area contributed by atoms with Gasteiger partial charge >= 0.3 is 6.36 Å². The van der Waals surface area contributed by atoms with Crippen LogP contribution in [-0.4, -0.2) is 52.0 Å². The van der Waals surface area contributed by atoms with E-state index in [0.717, 1.165) is 43.2 Å². The van der Waals surface area contributed by atoms with E-state index in [1.165, 1.54) is 18.2 Å². The van der Waals surface area contributed by atoms with Crippen molar-refractivity contribution < 1.29 is 55.0 Å². The molecule has 2 aromatic carbocycles. The molecule has 4 aliphatic heterocycles. The molecule has 46 heavy (non-hydrogen) atoms. The molecule has 1 spiro atoms. The van der Waals surface area contributed by atoms with Gasteiger partial charge in [-0.2, -0.15) is 0 Å². The Kier molecular flexibility index (Phi) is 9.06. The molecule has 7 rings (SSSR count). The fourth-order valence-electron chi connectivity index (χ4n) is 7.15. The Hall–Kier alpha value is -2.88.